The molecule has 3 N–H and O–H groups in total. The average molecular weight is 449 g/mol. The number of aromatic nitrogens is 4. The number of ether oxygens (including phenoxy) is 1. The van der Waals surface area contributed by atoms with Crippen LogP contribution in [0.4, 0.5) is 10.2 Å². The SMILES string of the molecule is COCC(O)CN1CC[C@H](C)[C@H](Nc2nc(-c3c[nH]c4ncc(Cl)cc34)ncc2F)C1. The molecule has 0 spiro atoms. The lowest BCUT2D eigenvalue weighted by Gasteiger charge is -2.38. The van der Waals surface area contributed by atoms with Gasteiger partial charge in [-0.2, -0.15) is 0 Å². The first-order valence-electron chi connectivity index (χ1n) is 10.3. The molecule has 4 heterocycles. The summed E-state index contributed by atoms with van der Waals surface area (Å²) >= 11 is 6.09. The molecule has 0 aliphatic carbocycles. The van der Waals surface area contributed by atoms with Crippen molar-refractivity contribution in [1.29, 1.82) is 0 Å². The predicted octanol–water partition coefficient (Wildman–Crippen LogP) is 2.94. The second-order valence-corrected chi connectivity index (χ2v) is 8.46. The smallest absolute Gasteiger partial charge is 0.183 e. The molecule has 0 amide bonds. The summed E-state index contributed by atoms with van der Waals surface area (Å²) in [6.07, 6.45) is 4.86. The molecular formula is C21H26ClFN6O2. The van der Waals surface area contributed by atoms with Gasteiger partial charge in [0.25, 0.3) is 0 Å². The minimum absolute atomic E-state index is 0.0141. The Bertz CT molecular complexity index is 1050. The lowest BCUT2D eigenvalue weighted by molar-refractivity contribution is 0.0282. The molecule has 0 aromatic carbocycles. The Morgan fingerprint density at radius 1 is 1.42 bits per heavy atom. The maximum atomic E-state index is 14.6. The molecule has 4 rings (SSSR count). The monoisotopic (exact) mass is 448 g/mol. The van der Waals surface area contributed by atoms with E-state index in [0.717, 1.165) is 18.4 Å². The van der Waals surface area contributed by atoms with E-state index in [-0.39, 0.29) is 18.5 Å². The van der Waals surface area contributed by atoms with Gasteiger partial charge in [0.1, 0.15) is 5.65 Å². The highest BCUT2D eigenvalue weighted by molar-refractivity contribution is 6.31. The van der Waals surface area contributed by atoms with E-state index in [1.54, 1.807) is 25.6 Å². The first kappa shape index (κ1) is 21.9. The summed E-state index contributed by atoms with van der Waals surface area (Å²) in [5.41, 5.74) is 1.36. The van der Waals surface area contributed by atoms with E-state index in [0.29, 0.717) is 41.1 Å². The lowest BCUT2D eigenvalue weighted by Crippen LogP contribution is -2.49. The van der Waals surface area contributed by atoms with Gasteiger partial charge in [-0.3, -0.25) is 4.90 Å². The topological polar surface area (TPSA) is 99.2 Å². The number of rotatable bonds is 7. The summed E-state index contributed by atoms with van der Waals surface area (Å²) < 4.78 is 19.6. The van der Waals surface area contributed by atoms with Crippen molar-refractivity contribution in [1.82, 2.24) is 24.8 Å². The Kier molecular flexibility index (Phi) is 6.66. The van der Waals surface area contributed by atoms with Crippen molar-refractivity contribution >= 4 is 28.5 Å². The first-order valence-corrected chi connectivity index (χ1v) is 10.6. The summed E-state index contributed by atoms with van der Waals surface area (Å²) in [5, 5.41) is 14.6. The van der Waals surface area contributed by atoms with Gasteiger partial charge in [0.15, 0.2) is 17.5 Å². The zero-order chi connectivity index (χ0) is 22.0. The number of hydrogen-bond donors (Lipinski definition) is 3. The number of H-pyrrole nitrogens is 1. The Morgan fingerprint density at radius 3 is 3.06 bits per heavy atom. The number of nitrogens with one attached hydrogen (secondary N) is 2. The number of fused-ring (bicyclic) bond motifs is 1. The fourth-order valence-electron chi connectivity index (χ4n) is 3.97. The van der Waals surface area contributed by atoms with Gasteiger partial charge in [0.2, 0.25) is 0 Å². The highest BCUT2D eigenvalue weighted by Gasteiger charge is 2.28. The zero-order valence-corrected chi connectivity index (χ0v) is 18.2. The average Bonchev–Trinajstić information content (AvgIpc) is 3.15. The van der Waals surface area contributed by atoms with Gasteiger partial charge in [-0.1, -0.05) is 18.5 Å². The van der Waals surface area contributed by atoms with Crippen molar-refractivity contribution in [2.24, 2.45) is 5.92 Å². The summed E-state index contributed by atoms with van der Waals surface area (Å²) in [4.78, 5) is 18.1. The highest BCUT2D eigenvalue weighted by Crippen LogP contribution is 2.29. The Morgan fingerprint density at radius 2 is 2.26 bits per heavy atom. The van der Waals surface area contributed by atoms with Crippen molar-refractivity contribution < 1.29 is 14.2 Å². The molecule has 0 saturated carbocycles. The van der Waals surface area contributed by atoms with E-state index < -0.39 is 11.9 Å². The Hall–Kier alpha value is -2.33. The van der Waals surface area contributed by atoms with E-state index in [1.165, 1.54) is 6.20 Å². The van der Waals surface area contributed by atoms with Crippen molar-refractivity contribution in [3.05, 3.63) is 35.5 Å². The molecule has 3 aromatic rings. The molecule has 1 unspecified atom stereocenters. The molecule has 3 aromatic heterocycles. The molecule has 8 nitrogen and oxygen atoms in total. The van der Waals surface area contributed by atoms with Crippen molar-refractivity contribution in [2.45, 2.75) is 25.5 Å². The van der Waals surface area contributed by atoms with Gasteiger partial charge in [0.05, 0.1) is 23.9 Å². The molecule has 0 bridgehead atoms. The van der Waals surface area contributed by atoms with Crippen LogP contribution in [0.5, 0.6) is 0 Å². The summed E-state index contributed by atoms with van der Waals surface area (Å²) in [7, 11) is 1.57. The van der Waals surface area contributed by atoms with E-state index >= 15 is 0 Å². The fraction of sp³-hybridized carbons (Fsp3) is 0.476. The quantitative estimate of drug-likeness (QED) is 0.511. The van der Waals surface area contributed by atoms with Gasteiger partial charge in [-0.25, -0.2) is 19.3 Å². The number of aliphatic hydroxyl groups is 1. The fourth-order valence-corrected chi connectivity index (χ4v) is 4.13. The van der Waals surface area contributed by atoms with E-state index in [4.69, 9.17) is 16.3 Å². The second-order valence-electron chi connectivity index (χ2n) is 8.03. The molecule has 0 radical (unpaired) electrons. The molecule has 3 atom stereocenters. The maximum absolute atomic E-state index is 14.6. The number of aliphatic hydroxyl groups excluding tert-OH is 1. The first-order chi connectivity index (χ1) is 14.9. The van der Waals surface area contributed by atoms with Crippen LogP contribution in [0.15, 0.2) is 24.7 Å². The van der Waals surface area contributed by atoms with Crippen LogP contribution in [0, 0.1) is 11.7 Å². The van der Waals surface area contributed by atoms with Gasteiger partial charge in [-0.05, 0) is 24.9 Å². The summed E-state index contributed by atoms with van der Waals surface area (Å²) in [6.45, 7) is 4.48. The van der Waals surface area contributed by atoms with Crippen molar-refractivity contribution in [3.63, 3.8) is 0 Å². The second kappa shape index (κ2) is 9.44. The standard InChI is InChI=1S/C21H26ClFN6O2/c1-12-3-4-29(9-14(30)11-31-2)10-18(12)27-21-17(23)8-26-20(28-21)16-7-25-19-15(16)5-13(22)6-24-19/h5-8,12,14,18,30H,3-4,9-11H2,1-2H3,(H,24,25)(H,26,27,28)/t12-,14?,18+/m0/s1. The third-order valence-corrected chi connectivity index (χ3v) is 5.88. The maximum Gasteiger partial charge on any atom is 0.183 e. The minimum Gasteiger partial charge on any atom is -0.389 e. The van der Waals surface area contributed by atoms with Crippen molar-refractivity contribution in [2.75, 3.05) is 38.7 Å². The van der Waals surface area contributed by atoms with E-state index in [9.17, 15) is 9.50 Å². The predicted molar refractivity (Wildman–Crippen MR) is 118 cm³/mol. The molecule has 166 valence electrons. The van der Waals surface area contributed by atoms with Gasteiger partial charge in [0, 0.05) is 49.6 Å². The number of β-amino-alcohol motifs (C(OH)–C–C–N with tert-alkyl or cyclic N) is 1. The number of halogens is 2. The number of hydrogen-bond acceptors (Lipinski definition) is 7. The van der Waals surface area contributed by atoms with Gasteiger partial charge in [-0.15, -0.1) is 0 Å². The number of likely N-dealkylation sites (tertiary alicyclic amines) is 1. The van der Waals surface area contributed by atoms with Crippen LogP contribution in [0.2, 0.25) is 5.02 Å². The van der Waals surface area contributed by atoms with Crippen molar-refractivity contribution in [3.8, 4) is 11.4 Å². The largest absolute Gasteiger partial charge is 0.389 e. The molecule has 1 aliphatic rings. The van der Waals surface area contributed by atoms with Crippen LogP contribution >= 0.6 is 11.6 Å². The summed E-state index contributed by atoms with van der Waals surface area (Å²) in [6, 6.07) is 1.77. The van der Waals surface area contributed by atoms with E-state index in [1.807, 2.05) is 0 Å². The van der Waals surface area contributed by atoms with Crippen LogP contribution in [0.3, 0.4) is 0 Å². The molecule has 31 heavy (non-hydrogen) atoms. The number of pyridine rings is 1. The molecule has 10 heteroatoms. The third-order valence-electron chi connectivity index (χ3n) is 5.68. The van der Waals surface area contributed by atoms with Gasteiger partial charge < -0.3 is 20.1 Å². The van der Waals surface area contributed by atoms with Crippen LogP contribution in [-0.4, -0.2) is 75.4 Å². The third kappa shape index (κ3) is 4.95. The Labute approximate surface area is 184 Å². The number of aromatic amines is 1. The van der Waals surface area contributed by atoms with Crippen LogP contribution in [-0.2, 0) is 4.74 Å². The number of anilines is 1. The van der Waals surface area contributed by atoms with Gasteiger partial charge >= 0.3 is 0 Å². The number of nitrogens with zero attached hydrogens (tertiary/aromatic N) is 4. The highest BCUT2D eigenvalue weighted by atomic mass is 35.5. The minimum atomic E-state index is -0.552. The lowest BCUT2D eigenvalue weighted by atomic mass is 9.93. The van der Waals surface area contributed by atoms with E-state index in [2.05, 4.69) is 37.1 Å². The molecule has 1 fully saturated rings. The van der Waals surface area contributed by atoms with Crippen LogP contribution in [0.25, 0.3) is 22.4 Å². The normalized spacial score (nSPS) is 20.8. The molecule has 1 saturated heterocycles. The number of piperidine rings is 1. The van der Waals surface area contributed by atoms with Crippen LogP contribution in [0.1, 0.15) is 13.3 Å². The number of methoxy groups -OCH3 is 1. The van der Waals surface area contributed by atoms with Crippen LogP contribution < -0.4 is 5.32 Å². The zero-order valence-electron chi connectivity index (χ0n) is 17.5. The molecule has 1 aliphatic heterocycles. The Balaban J connectivity index is 1.55. The molecular weight excluding hydrogens is 423 g/mol. The summed E-state index contributed by atoms with van der Waals surface area (Å²) in [5.74, 6) is 0.355.